The van der Waals surface area contributed by atoms with E-state index < -0.39 is 0 Å². The molecular formula is C16H23N3O2S. The molecule has 0 fully saturated rings. The third-order valence-electron chi connectivity index (χ3n) is 3.56. The first-order chi connectivity index (χ1) is 10.6. The van der Waals surface area contributed by atoms with E-state index in [4.69, 9.17) is 0 Å². The number of aryl methyl sites for hydroxylation is 1. The zero-order valence-electron chi connectivity index (χ0n) is 13.5. The van der Waals surface area contributed by atoms with Gasteiger partial charge >= 0.3 is 0 Å². The quantitative estimate of drug-likeness (QED) is 0.788. The molecule has 2 heterocycles. The molecule has 6 heteroatoms. The van der Waals surface area contributed by atoms with Crippen molar-refractivity contribution < 1.29 is 4.79 Å². The number of carbonyl (C=O) groups excluding carboxylic acids is 1. The van der Waals surface area contributed by atoms with Crippen molar-refractivity contribution >= 4 is 27.5 Å². The first kappa shape index (κ1) is 16.7. The van der Waals surface area contributed by atoms with Gasteiger partial charge in [-0.1, -0.05) is 20.8 Å². The van der Waals surface area contributed by atoms with Gasteiger partial charge in [0.1, 0.15) is 11.4 Å². The Balaban J connectivity index is 2.25. The molecule has 2 aromatic heterocycles. The molecule has 2 aromatic rings. The Morgan fingerprint density at radius 2 is 1.95 bits per heavy atom. The number of nitrogens with zero attached hydrogens (tertiary/aromatic N) is 3. The van der Waals surface area contributed by atoms with Crippen LogP contribution in [0.1, 0.15) is 38.5 Å². The van der Waals surface area contributed by atoms with Crippen LogP contribution in [0.2, 0.25) is 0 Å². The number of rotatable bonds is 7. The number of hydrogen-bond acceptors (Lipinski definition) is 4. The lowest BCUT2D eigenvalue weighted by atomic mass is 10.3. The Bertz CT molecular complexity index is 699. The Labute approximate surface area is 134 Å². The third kappa shape index (κ3) is 3.55. The van der Waals surface area contributed by atoms with Gasteiger partial charge in [-0.3, -0.25) is 14.2 Å². The van der Waals surface area contributed by atoms with Crippen molar-refractivity contribution in [3.8, 4) is 0 Å². The highest BCUT2D eigenvalue weighted by molar-refractivity contribution is 7.18. The van der Waals surface area contributed by atoms with Gasteiger partial charge in [0.05, 0.1) is 11.7 Å². The maximum Gasteiger partial charge on any atom is 0.262 e. The van der Waals surface area contributed by atoms with Crippen LogP contribution in [0.3, 0.4) is 0 Å². The maximum atomic E-state index is 12.5. The molecule has 0 N–H and O–H groups in total. The van der Waals surface area contributed by atoms with Crippen molar-refractivity contribution in [3.63, 3.8) is 0 Å². The van der Waals surface area contributed by atoms with Gasteiger partial charge in [0.15, 0.2) is 0 Å². The highest BCUT2D eigenvalue weighted by atomic mass is 32.1. The van der Waals surface area contributed by atoms with Crippen molar-refractivity contribution in [2.45, 2.75) is 46.6 Å². The summed E-state index contributed by atoms with van der Waals surface area (Å²) in [5.74, 6) is -0.0158. The van der Waals surface area contributed by atoms with Gasteiger partial charge in [0.2, 0.25) is 5.91 Å². The molecule has 22 heavy (non-hydrogen) atoms. The zero-order valence-corrected chi connectivity index (χ0v) is 14.3. The van der Waals surface area contributed by atoms with Crippen LogP contribution < -0.4 is 5.56 Å². The lowest BCUT2D eigenvalue weighted by molar-refractivity contribution is -0.132. The van der Waals surface area contributed by atoms with E-state index >= 15 is 0 Å². The predicted molar refractivity (Wildman–Crippen MR) is 90.4 cm³/mol. The van der Waals surface area contributed by atoms with Crippen molar-refractivity contribution in [1.29, 1.82) is 0 Å². The number of thiophene rings is 1. The summed E-state index contributed by atoms with van der Waals surface area (Å²) in [6, 6.07) is 1.90. The van der Waals surface area contributed by atoms with Gasteiger partial charge in [0, 0.05) is 18.0 Å². The minimum atomic E-state index is -0.123. The van der Waals surface area contributed by atoms with E-state index in [0.29, 0.717) is 5.39 Å². The van der Waals surface area contributed by atoms with Crippen molar-refractivity contribution in [3.05, 3.63) is 27.6 Å². The van der Waals surface area contributed by atoms with Crippen LogP contribution in [-0.2, 0) is 17.8 Å². The van der Waals surface area contributed by atoms with E-state index in [1.807, 2.05) is 24.8 Å². The van der Waals surface area contributed by atoms with E-state index in [2.05, 4.69) is 11.9 Å². The van der Waals surface area contributed by atoms with Gasteiger partial charge in [-0.2, -0.15) is 0 Å². The van der Waals surface area contributed by atoms with Crippen LogP contribution in [0.25, 0.3) is 10.2 Å². The van der Waals surface area contributed by atoms with Crippen molar-refractivity contribution in [2.75, 3.05) is 13.1 Å². The summed E-state index contributed by atoms with van der Waals surface area (Å²) < 4.78 is 1.43. The molecule has 1 amide bonds. The second-order valence-corrected chi connectivity index (χ2v) is 6.46. The number of fused-ring (bicyclic) bond motifs is 1. The molecule has 5 nitrogen and oxygen atoms in total. The summed E-state index contributed by atoms with van der Waals surface area (Å²) in [7, 11) is 0. The van der Waals surface area contributed by atoms with E-state index in [9.17, 15) is 9.59 Å². The average Bonchev–Trinajstić information content (AvgIpc) is 2.94. The Morgan fingerprint density at radius 1 is 1.27 bits per heavy atom. The molecule has 120 valence electrons. The Morgan fingerprint density at radius 3 is 2.55 bits per heavy atom. The van der Waals surface area contributed by atoms with E-state index in [0.717, 1.165) is 42.1 Å². The lowest BCUT2D eigenvalue weighted by Gasteiger charge is -2.21. The van der Waals surface area contributed by atoms with Gasteiger partial charge < -0.3 is 4.90 Å². The second kappa shape index (κ2) is 7.54. The molecule has 0 aliphatic heterocycles. The van der Waals surface area contributed by atoms with E-state index in [1.54, 1.807) is 11.3 Å². The first-order valence-corrected chi connectivity index (χ1v) is 8.67. The van der Waals surface area contributed by atoms with Crippen LogP contribution in [0, 0.1) is 0 Å². The number of hydrogen-bond donors (Lipinski definition) is 0. The van der Waals surface area contributed by atoms with Crippen molar-refractivity contribution in [2.24, 2.45) is 0 Å². The van der Waals surface area contributed by atoms with Crippen LogP contribution >= 0.6 is 11.3 Å². The molecule has 0 unspecified atom stereocenters. The molecule has 0 bridgehead atoms. The summed E-state index contributed by atoms with van der Waals surface area (Å²) in [5, 5.41) is 0.620. The molecule has 0 aliphatic rings. The fraction of sp³-hybridized carbons (Fsp3) is 0.562. The smallest absolute Gasteiger partial charge is 0.262 e. The lowest BCUT2D eigenvalue weighted by Crippen LogP contribution is -2.37. The topological polar surface area (TPSA) is 55.2 Å². The van der Waals surface area contributed by atoms with Crippen LogP contribution in [0.15, 0.2) is 17.2 Å². The third-order valence-corrected chi connectivity index (χ3v) is 4.75. The number of amides is 1. The summed E-state index contributed by atoms with van der Waals surface area (Å²) in [5.41, 5.74) is -0.123. The fourth-order valence-electron chi connectivity index (χ4n) is 2.44. The monoisotopic (exact) mass is 321 g/mol. The largest absolute Gasteiger partial charge is 0.341 e. The molecular weight excluding hydrogens is 298 g/mol. The normalized spacial score (nSPS) is 11.0. The van der Waals surface area contributed by atoms with Gasteiger partial charge in [-0.15, -0.1) is 11.3 Å². The van der Waals surface area contributed by atoms with Crippen LogP contribution in [-0.4, -0.2) is 33.4 Å². The van der Waals surface area contributed by atoms with E-state index in [-0.39, 0.29) is 18.0 Å². The minimum Gasteiger partial charge on any atom is -0.341 e. The summed E-state index contributed by atoms with van der Waals surface area (Å²) >= 11 is 1.54. The number of aromatic nitrogens is 2. The molecule has 0 radical (unpaired) electrons. The highest BCUT2D eigenvalue weighted by Crippen LogP contribution is 2.20. The summed E-state index contributed by atoms with van der Waals surface area (Å²) in [4.78, 5) is 32.9. The standard InChI is InChI=1S/C16H23N3O2S/c1-4-7-18(8-5-2)14(20)10-19-11-17-15-13(16(19)21)9-12(6-3)22-15/h9,11H,4-8,10H2,1-3H3. The first-order valence-electron chi connectivity index (χ1n) is 7.86. The van der Waals surface area contributed by atoms with E-state index in [1.165, 1.54) is 10.9 Å². The molecule has 0 saturated carbocycles. The Kier molecular flexibility index (Phi) is 5.71. The van der Waals surface area contributed by atoms with Gasteiger partial charge in [-0.05, 0) is 25.3 Å². The van der Waals surface area contributed by atoms with Gasteiger partial charge in [-0.25, -0.2) is 4.98 Å². The van der Waals surface area contributed by atoms with Gasteiger partial charge in [0.25, 0.3) is 5.56 Å². The average molecular weight is 321 g/mol. The molecule has 2 rings (SSSR count). The SMILES string of the molecule is CCCN(CCC)C(=O)Cn1cnc2sc(CC)cc2c1=O. The maximum absolute atomic E-state index is 12.5. The summed E-state index contributed by atoms with van der Waals surface area (Å²) in [6.07, 6.45) is 4.22. The molecule has 0 atom stereocenters. The molecule has 0 aliphatic carbocycles. The van der Waals surface area contributed by atoms with Crippen LogP contribution in [0.4, 0.5) is 0 Å². The fourth-order valence-corrected chi connectivity index (χ4v) is 3.37. The Hall–Kier alpha value is -1.69. The molecule has 0 spiro atoms. The minimum absolute atomic E-state index is 0.0158. The number of carbonyl (C=O) groups is 1. The second-order valence-electron chi connectivity index (χ2n) is 5.34. The molecule has 0 saturated heterocycles. The summed E-state index contributed by atoms with van der Waals surface area (Å²) in [6.45, 7) is 7.69. The molecule has 0 aromatic carbocycles. The zero-order chi connectivity index (χ0) is 16.1. The highest BCUT2D eigenvalue weighted by Gasteiger charge is 2.15. The predicted octanol–water partition coefficient (Wildman–Crippen LogP) is 2.67. The van der Waals surface area contributed by atoms with Crippen molar-refractivity contribution in [1.82, 2.24) is 14.5 Å². The van der Waals surface area contributed by atoms with Crippen LogP contribution in [0.5, 0.6) is 0 Å².